The second kappa shape index (κ2) is 11.9. The molecule has 0 spiro atoms. The number of hydrogen-bond donors (Lipinski definition) is 0. The van der Waals surface area contributed by atoms with Gasteiger partial charge in [-0.2, -0.15) is 13.2 Å². The van der Waals surface area contributed by atoms with Gasteiger partial charge in [0.05, 0.1) is 24.6 Å². The third kappa shape index (κ3) is 7.09. The molecule has 36 heavy (non-hydrogen) atoms. The van der Waals surface area contributed by atoms with E-state index in [0.29, 0.717) is 37.4 Å². The minimum atomic E-state index is -4.41. The van der Waals surface area contributed by atoms with Crippen molar-refractivity contribution in [1.82, 2.24) is 14.8 Å². The first-order chi connectivity index (χ1) is 17.0. The number of piperidine rings is 1. The highest BCUT2D eigenvalue weighted by Gasteiger charge is 2.32. The summed E-state index contributed by atoms with van der Waals surface area (Å²) in [6.45, 7) is 9.38. The van der Waals surface area contributed by atoms with Crippen LogP contribution in [0.4, 0.5) is 13.2 Å². The molecule has 1 fully saturated rings. The molecule has 0 saturated carbocycles. The molecule has 2 aromatic rings. The Labute approximate surface area is 209 Å². The number of carbonyl (C=O) groups excluding carboxylic acids is 2. The molecule has 1 amide bonds. The molecule has 3 rings (SSSR count). The topological polar surface area (TPSA) is 75.9 Å². The standard InChI is InChI=1S/C26H34F3N3O4/c1-5-35-25(34)20-9-7-11-31(14-20)24(33)22-16-36-23(30-22)15-32(18(4)17(2)3)13-19-8-6-10-21(12-19)26(27,28)29/h6,8,10,12,16-18,20H,5,7,9,11,13-15H2,1-4H3. The summed E-state index contributed by atoms with van der Waals surface area (Å²) in [4.78, 5) is 33.1. The molecule has 7 nitrogen and oxygen atoms in total. The predicted octanol–water partition coefficient (Wildman–Crippen LogP) is 5.16. The van der Waals surface area contributed by atoms with Crippen molar-refractivity contribution in [3.05, 3.63) is 53.2 Å². The molecule has 2 heterocycles. The van der Waals surface area contributed by atoms with Crippen molar-refractivity contribution in [3.8, 4) is 0 Å². The van der Waals surface area contributed by atoms with Crippen LogP contribution in [-0.2, 0) is 28.8 Å². The fourth-order valence-corrected chi connectivity index (χ4v) is 4.28. The van der Waals surface area contributed by atoms with E-state index >= 15 is 0 Å². The number of hydrogen-bond acceptors (Lipinski definition) is 6. The Morgan fingerprint density at radius 3 is 2.67 bits per heavy atom. The van der Waals surface area contributed by atoms with E-state index in [1.54, 1.807) is 17.9 Å². The lowest BCUT2D eigenvalue weighted by Crippen LogP contribution is -2.43. The van der Waals surface area contributed by atoms with Crippen LogP contribution in [0.15, 0.2) is 34.9 Å². The number of alkyl halides is 3. The highest BCUT2D eigenvalue weighted by atomic mass is 19.4. The zero-order chi connectivity index (χ0) is 26.5. The molecule has 1 saturated heterocycles. The van der Waals surface area contributed by atoms with Gasteiger partial charge in [-0.3, -0.25) is 14.5 Å². The second-order valence-electron chi connectivity index (χ2n) is 9.56. The van der Waals surface area contributed by atoms with E-state index in [9.17, 15) is 22.8 Å². The SMILES string of the molecule is CCOC(=O)C1CCCN(C(=O)c2coc(CN(Cc3cccc(C(F)(F)F)c3)C(C)C(C)C)n2)C1. The Hall–Kier alpha value is -2.88. The van der Waals surface area contributed by atoms with E-state index in [-0.39, 0.29) is 55.1 Å². The number of esters is 1. The molecule has 1 aromatic carbocycles. The van der Waals surface area contributed by atoms with Gasteiger partial charge in [-0.1, -0.05) is 32.0 Å². The minimum Gasteiger partial charge on any atom is -0.466 e. The molecule has 1 aromatic heterocycles. The smallest absolute Gasteiger partial charge is 0.416 e. The van der Waals surface area contributed by atoms with Crippen LogP contribution in [0.3, 0.4) is 0 Å². The van der Waals surface area contributed by atoms with Crippen molar-refractivity contribution in [3.63, 3.8) is 0 Å². The average Bonchev–Trinajstić information content (AvgIpc) is 3.31. The number of rotatable bonds is 9. The van der Waals surface area contributed by atoms with Gasteiger partial charge in [0.2, 0.25) is 5.89 Å². The van der Waals surface area contributed by atoms with Gasteiger partial charge in [-0.15, -0.1) is 0 Å². The number of aromatic nitrogens is 1. The molecular weight excluding hydrogens is 475 g/mol. The van der Waals surface area contributed by atoms with Crippen molar-refractivity contribution >= 4 is 11.9 Å². The zero-order valence-electron chi connectivity index (χ0n) is 21.2. The highest BCUT2D eigenvalue weighted by molar-refractivity contribution is 5.92. The summed E-state index contributed by atoms with van der Waals surface area (Å²) in [5, 5.41) is 0. The summed E-state index contributed by atoms with van der Waals surface area (Å²) in [5.41, 5.74) is -0.0203. The number of nitrogens with zero attached hydrogens (tertiary/aromatic N) is 3. The number of carbonyl (C=O) groups is 2. The van der Waals surface area contributed by atoms with Gasteiger partial charge in [-0.25, -0.2) is 4.98 Å². The fourth-order valence-electron chi connectivity index (χ4n) is 4.28. The van der Waals surface area contributed by atoms with Crippen LogP contribution < -0.4 is 0 Å². The number of oxazole rings is 1. The van der Waals surface area contributed by atoms with Crippen LogP contribution in [0.2, 0.25) is 0 Å². The molecule has 1 aliphatic heterocycles. The van der Waals surface area contributed by atoms with Crippen LogP contribution in [0.25, 0.3) is 0 Å². The second-order valence-corrected chi connectivity index (χ2v) is 9.56. The molecule has 1 aliphatic rings. The molecular formula is C26H34F3N3O4. The highest BCUT2D eigenvalue weighted by Crippen LogP contribution is 2.30. The first kappa shape index (κ1) is 27.7. The van der Waals surface area contributed by atoms with Crippen LogP contribution in [0.1, 0.15) is 68.0 Å². The Morgan fingerprint density at radius 2 is 2.00 bits per heavy atom. The maximum absolute atomic E-state index is 13.2. The minimum absolute atomic E-state index is 0.0121. The van der Waals surface area contributed by atoms with Crippen LogP contribution in [0, 0.1) is 11.8 Å². The van der Waals surface area contributed by atoms with E-state index in [0.717, 1.165) is 12.1 Å². The predicted molar refractivity (Wildman–Crippen MR) is 127 cm³/mol. The van der Waals surface area contributed by atoms with E-state index < -0.39 is 11.7 Å². The molecule has 10 heteroatoms. The van der Waals surface area contributed by atoms with E-state index in [2.05, 4.69) is 4.98 Å². The fraction of sp³-hybridized carbons (Fsp3) is 0.577. The van der Waals surface area contributed by atoms with Gasteiger partial charge in [0.25, 0.3) is 5.91 Å². The van der Waals surface area contributed by atoms with Crippen LogP contribution in [-0.4, -0.2) is 52.4 Å². The van der Waals surface area contributed by atoms with Crippen molar-refractivity contribution < 1.29 is 31.9 Å². The summed E-state index contributed by atoms with van der Waals surface area (Å²) in [5.74, 6) is -0.454. The normalized spacial score (nSPS) is 17.5. The van der Waals surface area contributed by atoms with Crippen molar-refractivity contribution in [1.29, 1.82) is 0 Å². The van der Waals surface area contributed by atoms with Crippen molar-refractivity contribution in [2.45, 2.75) is 65.8 Å². The van der Waals surface area contributed by atoms with Gasteiger partial charge in [0, 0.05) is 25.7 Å². The lowest BCUT2D eigenvalue weighted by molar-refractivity contribution is -0.149. The zero-order valence-corrected chi connectivity index (χ0v) is 21.2. The van der Waals surface area contributed by atoms with Crippen molar-refractivity contribution in [2.75, 3.05) is 19.7 Å². The first-order valence-corrected chi connectivity index (χ1v) is 12.3. The number of halogens is 3. The number of benzene rings is 1. The monoisotopic (exact) mass is 509 g/mol. The lowest BCUT2D eigenvalue weighted by atomic mass is 9.98. The quantitative estimate of drug-likeness (QED) is 0.435. The average molecular weight is 510 g/mol. The molecule has 0 bridgehead atoms. The van der Waals surface area contributed by atoms with Gasteiger partial charge in [0.15, 0.2) is 5.69 Å². The Kier molecular flexibility index (Phi) is 9.16. The molecule has 198 valence electrons. The largest absolute Gasteiger partial charge is 0.466 e. The van der Waals surface area contributed by atoms with E-state index in [1.807, 2.05) is 25.7 Å². The van der Waals surface area contributed by atoms with Crippen LogP contribution in [0.5, 0.6) is 0 Å². The van der Waals surface area contributed by atoms with Gasteiger partial charge < -0.3 is 14.1 Å². The first-order valence-electron chi connectivity index (χ1n) is 12.3. The third-order valence-corrected chi connectivity index (χ3v) is 6.62. The molecule has 2 unspecified atom stereocenters. The number of amides is 1. The van der Waals surface area contributed by atoms with Crippen LogP contribution >= 0.6 is 0 Å². The van der Waals surface area contributed by atoms with Gasteiger partial charge in [0.1, 0.15) is 6.26 Å². The van der Waals surface area contributed by atoms with Gasteiger partial charge >= 0.3 is 12.1 Å². The molecule has 2 atom stereocenters. The Morgan fingerprint density at radius 1 is 1.25 bits per heavy atom. The van der Waals surface area contributed by atoms with Gasteiger partial charge in [-0.05, 0) is 44.2 Å². The molecule has 0 aliphatic carbocycles. The third-order valence-electron chi connectivity index (χ3n) is 6.62. The summed E-state index contributed by atoms with van der Waals surface area (Å²) in [7, 11) is 0. The maximum Gasteiger partial charge on any atom is 0.416 e. The summed E-state index contributed by atoms with van der Waals surface area (Å²) in [6.07, 6.45) is -1.75. The Bertz CT molecular complexity index is 1040. The summed E-state index contributed by atoms with van der Waals surface area (Å²) in [6, 6.07) is 5.29. The number of likely N-dealkylation sites (tertiary alicyclic amines) is 1. The maximum atomic E-state index is 13.2. The number of ether oxygens (including phenoxy) is 1. The molecule has 0 N–H and O–H groups in total. The summed E-state index contributed by atoms with van der Waals surface area (Å²) >= 11 is 0. The van der Waals surface area contributed by atoms with E-state index in [4.69, 9.17) is 9.15 Å². The lowest BCUT2D eigenvalue weighted by Gasteiger charge is -2.31. The van der Waals surface area contributed by atoms with Crippen molar-refractivity contribution in [2.24, 2.45) is 11.8 Å². The molecule has 0 radical (unpaired) electrons. The summed E-state index contributed by atoms with van der Waals surface area (Å²) < 4.78 is 50.2. The Balaban J connectivity index is 1.72. The van der Waals surface area contributed by atoms with E-state index in [1.165, 1.54) is 12.3 Å².